The summed E-state index contributed by atoms with van der Waals surface area (Å²) in [6, 6.07) is 9.01. The van der Waals surface area contributed by atoms with Gasteiger partial charge in [0.1, 0.15) is 0 Å². The second-order valence-corrected chi connectivity index (χ2v) is 10.2. The molecule has 4 rings (SSSR count). The highest BCUT2D eigenvalue weighted by Gasteiger charge is 2.68. The van der Waals surface area contributed by atoms with E-state index in [0.29, 0.717) is 0 Å². The smallest absolute Gasteiger partial charge is 0.324 e. The standard InChI is InChI=1S/C21H20ClF3N2O3S/c22-15-11-13(21(23,24)25)5-8-16(15)27-19(28)18-17(20(18)9-1-2-10-20)12-3-6-14(7-4-12)31(26,29)30/h3-8,11,17-18H,1-2,9-10H2,(H,27,28)(H2,26,29,30)/t17-,18+/m0/s1. The molecule has 2 fully saturated rings. The fourth-order valence-corrected chi connectivity index (χ4v) is 5.69. The zero-order valence-corrected chi connectivity index (χ0v) is 17.8. The largest absolute Gasteiger partial charge is 0.416 e. The van der Waals surface area contributed by atoms with Gasteiger partial charge in [-0.15, -0.1) is 0 Å². The summed E-state index contributed by atoms with van der Waals surface area (Å²) in [6.45, 7) is 0. The van der Waals surface area contributed by atoms with Gasteiger partial charge in [-0.3, -0.25) is 4.79 Å². The minimum Gasteiger partial charge on any atom is -0.324 e. The van der Waals surface area contributed by atoms with Gasteiger partial charge in [0, 0.05) is 5.92 Å². The molecular formula is C21H20ClF3N2O3S. The predicted octanol–water partition coefficient (Wildman–Crippen LogP) is 4.92. The topological polar surface area (TPSA) is 89.3 Å². The van der Waals surface area contributed by atoms with E-state index in [1.807, 2.05) is 0 Å². The van der Waals surface area contributed by atoms with Crippen LogP contribution in [-0.4, -0.2) is 14.3 Å². The van der Waals surface area contributed by atoms with Crippen LogP contribution in [0.15, 0.2) is 47.4 Å². The number of hydrogen-bond donors (Lipinski definition) is 2. The number of alkyl halides is 3. The molecule has 10 heteroatoms. The fourth-order valence-electron chi connectivity index (χ4n) is 4.95. The van der Waals surface area contributed by atoms with Crippen LogP contribution in [0.5, 0.6) is 0 Å². The van der Waals surface area contributed by atoms with Crippen molar-refractivity contribution in [2.24, 2.45) is 16.5 Å². The van der Waals surface area contributed by atoms with Crippen molar-refractivity contribution in [3.05, 3.63) is 58.6 Å². The third kappa shape index (κ3) is 4.06. The quantitative estimate of drug-likeness (QED) is 0.662. The van der Waals surface area contributed by atoms with Crippen LogP contribution in [0.4, 0.5) is 18.9 Å². The molecule has 1 amide bonds. The number of primary sulfonamides is 1. The highest BCUT2D eigenvalue weighted by Crippen LogP contribution is 2.72. The van der Waals surface area contributed by atoms with E-state index in [2.05, 4.69) is 5.32 Å². The number of carbonyl (C=O) groups excluding carboxylic acids is 1. The van der Waals surface area contributed by atoms with Gasteiger partial charge in [0.15, 0.2) is 0 Å². The second kappa shape index (κ2) is 7.50. The van der Waals surface area contributed by atoms with Gasteiger partial charge in [0.05, 0.1) is 27.1 Å². The van der Waals surface area contributed by atoms with Crippen molar-refractivity contribution in [2.75, 3.05) is 5.32 Å². The molecule has 2 saturated carbocycles. The summed E-state index contributed by atoms with van der Waals surface area (Å²) in [4.78, 5) is 13.1. The Labute approximate surface area is 182 Å². The zero-order chi connectivity index (χ0) is 22.6. The van der Waals surface area contributed by atoms with Crippen molar-refractivity contribution in [2.45, 2.75) is 42.7 Å². The van der Waals surface area contributed by atoms with E-state index in [-0.39, 0.29) is 38.8 Å². The van der Waals surface area contributed by atoms with Gasteiger partial charge in [-0.1, -0.05) is 36.6 Å². The summed E-state index contributed by atoms with van der Waals surface area (Å²) in [5, 5.41) is 7.65. The van der Waals surface area contributed by atoms with E-state index in [1.165, 1.54) is 12.1 Å². The van der Waals surface area contributed by atoms with Crippen LogP contribution in [0, 0.1) is 11.3 Å². The Bertz CT molecular complexity index is 1130. The van der Waals surface area contributed by atoms with Crippen molar-refractivity contribution in [1.29, 1.82) is 0 Å². The number of nitrogens with two attached hydrogens (primary N) is 1. The molecule has 31 heavy (non-hydrogen) atoms. The van der Waals surface area contributed by atoms with Crippen LogP contribution in [-0.2, 0) is 21.0 Å². The molecule has 3 N–H and O–H groups in total. The van der Waals surface area contributed by atoms with E-state index in [1.54, 1.807) is 12.1 Å². The molecule has 0 aliphatic heterocycles. The molecule has 0 heterocycles. The molecule has 2 aromatic carbocycles. The van der Waals surface area contributed by atoms with Gasteiger partial charge in [-0.05, 0) is 54.2 Å². The SMILES string of the molecule is NS(=O)(=O)c1ccc([C@H]2[C@H](C(=O)Nc3ccc(C(F)(F)F)cc3Cl)C23CCCC3)cc1. The Morgan fingerprint density at radius 3 is 2.23 bits per heavy atom. The number of anilines is 1. The molecule has 0 saturated heterocycles. The van der Waals surface area contributed by atoms with Crippen LogP contribution in [0.25, 0.3) is 0 Å². The minimum atomic E-state index is -4.52. The van der Waals surface area contributed by atoms with Crippen molar-refractivity contribution in [3.63, 3.8) is 0 Å². The molecule has 2 aromatic rings. The highest BCUT2D eigenvalue weighted by molar-refractivity contribution is 7.89. The van der Waals surface area contributed by atoms with E-state index in [9.17, 15) is 26.4 Å². The van der Waals surface area contributed by atoms with Crippen LogP contribution in [0.1, 0.15) is 42.7 Å². The van der Waals surface area contributed by atoms with Gasteiger partial charge >= 0.3 is 6.18 Å². The third-order valence-corrected chi connectivity index (χ3v) is 7.64. The average Bonchev–Trinajstić information content (AvgIpc) is 3.05. The molecule has 2 atom stereocenters. The van der Waals surface area contributed by atoms with E-state index < -0.39 is 21.8 Å². The summed E-state index contributed by atoms with van der Waals surface area (Å²) in [7, 11) is -3.82. The van der Waals surface area contributed by atoms with Crippen molar-refractivity contribution < 1.29 is 26.4 Å². The third-order valence-electron chi connectivity index (χ3n) is 6.40. The normalized spacial score (nSPS) is 22.5. The van der Waals surface area contributed by atoms with Gasteiger partial charge in [0.2, 0.25) is 15.9 Å². The lowest BCUT2D eigenvalue weighted by Gasteiger charge is -2.12. The second-order valence-electron chi connectivity index (χ2n) is 8.19. The number of halogens is 4. The number of hydrogen-bond acceptors (Lipinski definition) is 3. The molecule has 0 radical (unpaired) electrons. The van der Waals surface area contributed by atoms with Gasteiger partial charge < -0.3 is 5.32 Å². The summed E-state index contributed by atoms with van der Waals surface area (Å²) in [5.74, 6) is -0.768. The fraction of sp³-hybridized carbons (Fsp3) is 0.381. The Balaban J connectivity index is 1.57. The molecule has 0 bridgehead atoms. The van der Waals surface area contributed by atoms with Crippen LogP contribution in [0.3, 0.4) is 0 Å². The number of nitrogens with one attached hydrogen (secondary N) is 1. The lowest BCUT2D eigenvalue weighted by Crippen LogP contribution is -2.18. The van der Waals surface area contributed by atoms with Crippen LogP contribution < -0.4 is 10.5 Å². The number of carbonyl (C=O) groups is 1. The molecule has 2 aliphatic carbocycles. The maximum atomic E-state index is 13.1. The number of sulfonamides is 1. The van der Waals surface area contributed by atoms with E-state index in [0.717, 1.165) is 49.4 Å². The first-order chi connectivity index (χ1) is 14.4. The number of amides is 1. The van der Waals surface area contributed by atoms with Crippen LogP contribution >= 0.6 is 11.6 Å². The lowest BCUT2D eigenvalue weighted by molar-refractivity contribution is -0.137. The first-order valence-corrected chi connectivity index (χ1v) is 11.7. The molecule has 166 valence electrons. The lowest BCUT2D eigenvalue weighted by atomic mass is 9.97. The molecule has 0 aromatic heterocycles. The summed E-state index contributed by atoms with van der Waals surface area (Å²) in [6.07, 6.45) is -0.848. The van der Waals surface area contributed by atoms with Crippen molar-refractivity contribution >= 4 is 33.2 Å². The van der Waals surface area contributed by atoms with Crippen LogP contribution in [0.2, 0.25) is 5.02 Å². The molecular weight excluding hydrogens is 453 g/mol. The highest BCUT2D eigenvalue weighted by atomic mass is 35.5. The molecule has 5 nitrogen and oxygen atoms in total. The van der Waals surface area contributed by atoms with E-state index in [4.69, 9.17) is 16.7 Å². The summed E-state index contributed by atoms with van der Waals surface area (Å²) < 4.78 is 61.6. The zero-order valence-electron chi connectivity index (χ0n) is 16.2. The predicted molar refractivity (Wildman–Crippen MR) is 110 cm³/mol. The Kier molecular flexibility index (Phi) is 5.34. The monoisotopic (exact) mass is 472 g/mol. The Hall–Kier alpha value is -2.10. The Morgan fingerprint density at radius 1 is 1.10 bits per heavy atom. The minimum absolute atomic E-state index is 0.00471. The van der Waals surface area contributed by atoms with Gasteiger partial charge in [-0.2, -0.15) is 13.2 Å². The summed E-state index contributed by atoms with van der Waals surface area (Å²) >= 11 is 5.99. The number of benzene rings is 2. The van der Waals surface area contributed by atoms with Gasteiger partial charge in [-0.25, -0.2) is 13.6 Å². The molecule has 0 unspecified atom stereocenters. The first kappa shape index (κ1) is 22.1. The first-order valence-electron chi connectivity index (χ1n) is 9.74. The maximum Gasteiger partial charge on any atom is 0.416 e. The number of rotatable bonds is 4. The Morgan fingerprint density at radius 2 is 1.71 bits per heavy atom. The van der Waals surface area contributed by atoms with Crippen molar-refractivity contribution in [3.8, 4) is 0 Å². The van der Waals surface area contributed by atoms with Gasteiger partial charge in [0.25, 0.3) is 0 Å². The maximum absolute atomic E-state index is 13.1. The van der Waals surface area contributed by atoms with Crippen molar-refractivity contribution in [1.82, 2.24) is 0 Å². The molecule has 1 spiro atoms. The average molecular weight is 473 g/mol. The van der Waals surface area contributed by atoms with E-state index >= 15 is 0 Å². The summed E-state index contributed by atoms with van der Waals surface area (Å²) in [5.41, 5.74) is -0.149. The molecule has 2 aliphatic rings.